The summed E-state index contributed by atoms with van der Waals surface area (Å²) < 4.78 is 33.2. The number of Topliss-reactive ketones (excluding diaryl/α,β-unsaturated/α-hetero) is 1. The van der Waals surface area contributed by atoms with Crippen LogP contribution < -0.4 is 10.3 Å². The lowest BCUT2D eigenvalue weighted by Gasteiger charge is -2.16. The van der Waals surface area contributed by atoms with E-state index in [-0.39, 0.29) is 17.2 Å². The second-order valence-electron chi connectivity index (χ2n) is 6.32. The molecule has 27 heavy (non-hydrogen) atoms. The number of sulfonamides is 1. The zero-order chi connectivity index (χ0) is 19.4. The van der Waals surface area contributed by atoms with Crippen molar-refractivity contribution < 1.29 is 17.9 Å². The van der Waals surface area contributed by atoms with Crippen LogP contribution in [0.15, 0.2) is 52.3 Å². The lowest BCUT2D eigenvalue weighted by Crippen LogP contribution is -2.30. The normalized spacial score (nSPS) is 15.0. The molecule has 3 rings (SSSR count). The maximum Gasteiger partial charge on any atom is 0.251 e. The van der Waals surface area contributed by atoms with Crippen molar-refractivity contribution in [3.63, 3.8) is 0 Å². The number of benzene rings is 1. The van der Waals surface area contributed by atoms with Crippen LogP contribution in [0.2, 0.25) is 0 Å². The van der Waals surface area contributed by atoms with Crippen LogP contribution in [0, 0.1) is 0 Å². The summed E-state index contributed by atoms with van der Waals surface area (Å²) in [6.45, 7) is 3.13. The van der Waals surface area contributed by atoms with E-state index >= 15 is 0 Å². The number of hydrogen-bond acceptors (Lipinski definition) is 5. The van der Waals surface area contributed by atoms with Gasteiger partial charge in [0.15, 0.2) is 5.78 Å². The highest BCUT2D eigenvalue weighted by molar-refractivity contribution is 7.89. The molecule has 1 aliphatic heterocycles. The van der Waals surface area contributed by atoms with E-state index in [9.17, 15) is 18.0 Å². The minimum absolute atomic E-state index is 0.0310. The Hall–Kier alpha value is -2.45. The monoisotopic (exact) mass is 390 g/mol. The molecule has 0 saturated carbocycles. The Labute approximate surface area is 158 Å². The van der Waals surface area contributed by atoms with E-state index in [0.29, 0.717) is 31.0 Å². The molecule has 0 radical (unpaired) electrons. The predicted molar refractivity (Wildman–Crippen MR) is 101 cm³/mol. The van der Waals surface area contributed by atoms with E-state index in [1.54, 1.807) is 24.3 Å². The highest BCUT2D eigenvalue weighted by Crippen LogP contribution is 2.20. The van der Waals surface area contributed by atoms with E-state index in [1.807, 2.05) is 6.92 Å². The maximum absolute atomic E-state index is 12.7. The molecule has 1 aliphatic rings. The Kier molecular flexibility index (Phi) is 5.76. The molecule has 1 fully saturated rings. The van der Waals surface area contributed by atoms with Gasteiger partial charge >= 0.3 is 0 Å². The average molecular weight is 390 g/mol. The molecule has 7 nitrogen and oxygen atoms in total. The summed E-state index contributed by atoms with van der Waals surface area (Å²) in [6, 6.07) is 9.12. The van der Waals surface area contributed by atoms with Gasteiger partial charge in [0.1, 0.15) is 5.75 Å². The molecular formula is C19H22N2O5S. The number of rotatable bonds is 7. The quantitative estimate of drug-likeness (QED) is 0.674. The van der Waals surface area contributed by atoms with Gasteiger partial charge in [0.25, 0.3) is 5.56 Å². The third kappa shape index (κ3) is 4.28. The van der Waals surface area contributed by atoms with Gasteiger partial charge in [-0.3, -0.25) is 9.59 Å². The summed E-state index contributed by atoms with van der Waals surface area (Å²) in [5, 5.41) is 0. The molecule has 0 bridgehead atoms. The molecule has 1 aromatic carbocycles. The number of ketones is 1. The molecule has 1 aromatic heterocycles. The van der Waals surface area contributed by atoms with Gasteiger partial charge in [-0.15, -0.1) is 0 Å². The highest BCUT2D eigenvalue weighted by atomic mass is 32.2. The molecule has 2 heterocycles. The number of nitrogens with zero attached hydrogens (tertiary/aromatic N) is 2. The number of carbonyl (C=O) groups excluding carboxylic acids is 1. The fraction of sp³-hybridized carbons (Fsp3) is 0.368. The van der Waals surface area contributed by atoms with E-state index in [2.05, 4.69) is 0 Å². The van der Waals surface area contributed by atoms with Crippen LogP contribution in [0.25, 0.3) is 0 Å². The Bertz CT molecular complexity index is 974. The van der Waals surface area contributed by atoms with Gasteiger partial charge in [0.05, 0.1) is 18.0 Å². The maximum atomic E-state index is 12.7. The molecule has 144 valence electrons. The average Bonchev–Trinajstić information content (AvgIpc) is 3.20. The molecule has 0 aliphatic carbocycles. The van der Waals surface area contributed by atoms with Crippen molar-refractivity contribution >= 4 is 15.8 Å². The zero-order valence-corrected chi connectivity index (χ0v) is 15.9. The van der Waals surface area contributed by atoms with Gasteiger partial charge in [-0.05, 0) is 50.1 Å². The van der Waals surface area contributed by atoms with E-state index in [4.69, 9.17) is 4.74 Å². The standard InChI is InChI=1S/C19H22N2O5S/c1-2-26-16-7-5-15(6-8-16)18(22)14-20-13-17(9-10-19(20)23)27(24,25)21-11-3-4-12-21/h5-10,13H,2-4,11-12,14H2,1H3. The van der Waals surface area contributed by atoms with Crippen LogP contribution in [0.5, 0.6) is 5.75 Å². The Morgan fingerprint density at radius 2 is 1.74 bits per heavy atom. The van der Waals surface area contributed by atoms with Crippen LogP contribution in [0.3, 0.4) is 0 Å². The largest absolute Gasteiger partial charge is 0.494 e. The fourth-order valence-electron chi connectivity index (χ4n) is 3.01. The molecule has 0 amide bonds. The number of pyridine rings is 1. The Balaban J connectivity index is 1.82. The summed E-state index contributed by atoms with van der Waals surface area (Å²) in [7, 11) is -3.64. The summed E-state index contributed by atoms with van der Waals surface area (Å²) in [5.41, 5.74) is 0.00724. The molecule has 0 N–H and O–H groups in total. The molecule has 8 heteroatoms. The third-order valence-electron chi connectivity index (χ3n) is 4.46. The molecule has 0 spiro atoms. The zero-order valence-electron chi connectivity index (χ0n) is 15.1. The van der Waals surface area contributed by atoms with E-state index < -0.39 is 15.6 Å². The lowest BCUT2D eigenvalue weighted by molar-refractivity contribution is 0.0970. The van der Waals surface area contributed by atoms with Gasteiger partial charge in [0, 0.05) is 30.9 Å². The summed E-state index contributed by atoms with van der Waals surface area (Å²) >= 11 is 0. The number of aromatic nitrogens is 1. The predicted octanol–water partition coefficient (Wildman–Crippen LogP) is 1.91. The summed E-state index contributed by atoms with van der Waals surface area (Å²) in [6.07, 6.45) is 2.91. The van der Waals surface area contributed by atoms with Crippen molar-refractivity contribution in [2.75, 3.05) is 19.7 Å². The van der Waals surface area contributed by atoms with Gasteiger partial charge in [0.2, 0.25) is 10.0 Å². The second kappa shape index (κ2) is 8.06. The fourth-order valence-corrected chi connectivity index (χ4v) is 4.55. The lowest BCUT2D eigenvalue weighted by atomic mass is 10.1. The van der Waals surface area contributed by atoms with Crippen LogP contribution in [-0.4, -0.2) is 42.8 Å². The topological polar surface area (TPSA) is 85.7 Å². The first kappa shape index (κ1) is 19.3. The van der Waals surface area contributed by atoms with Gasteiger partial charge in [-0.1, -0.05) is 0 Å². The minimum atomic E-state index is -3.64. The van der Waals surface area contributed by atoms with Crippen molar-refractivity contribution in [3.8, 4) is 5.75 Å². The number of ether oxygens (including phenoxy) is 1. The van der Waals surface area contributed by atoms with Crippen molar-refractivity contribution in [2.24, 2.45) is 0 Å². The Morgan fingerprint density at radius 3 is 2.37 bits per heavy atom. The smallest absolute Gasteiger partial charge is 0.251 e. The summed E-state index contributed by atoms with van der Waals surface area (Å²) in [5.74, 6) is 0.376. The van der Waals surface area contributed by atoms with Gasteiger partial charge in [-0.25, -0.2) is 8.42 Å². The van der Waals surface area contributed by atoms with E-state index in [1.165, 1.54) is 22.6 Å². The van der Waals surface area contributed by atoms with Crippen LogP contribution >= 0.6 is 0 Å². The van der Waals surface area contributed by atoms with E-state index in [0.717, 1.165) is 17.4 Å². The van der Waals surface area contributed by atoms with Crippen molar-refractivity contribution in [1.29, 1.82) is 0 Å². The molecule has 0 unspecified atom stereocenters. The third-order valence-corrected chi connectivity index (χ3v) is 6.34. The van der Waals surface area contributed by atoms with Crippen molar-refractivity contribution in [3.05, 3.63) is 58.5 Å². The molecule has 1 saturated heterocycles. The molecule has 0 atom stereocenters. The molecular weight excluding hydrogens is 368 g/mol. The highest BCUT2D eigenvalue weighted by Gasteiger charge is 2.27. The number of hydrogen-bond donors (Lipinski definition) is 0. The summed E-state index contributed by atoms with van der Waals surface area (Å²) in [4.78, 5) is 24.6. The first-order valence-electron chi connectivity index (χ1n) is 8.88. The minimum Gasteiger partial charge on any atom is -0.494 e. The van der Waals surface area contributed by atoms with Gasteiger partial charge < -0.3 is 9.30 Å². The van der Waals surface area contributed by atoms with Gasteiger partial charge in [-0.2, -0.15) is 4.31 Å². The first-order chi connectivity index (χ1) is 12.9. The Morgan fingerprint density at radius 1 is 1.07 bits per heavy atom. The van der Waals surface area contributed by atoms with Crippen molar-refractivity contribution in [1.82, 2.24) is 8.87 Å². The van der Waals surface area contributed by atoms with Crippen LogP contribution in [0.4, 0.5) is 0 Å². The first-order valence-corrected chi connectivity index (χ1v) is 10.3. The van der Waals surface area contributed by atoms with Crippen LogP contribution in [-0.2, 0) is 16.6 Å². The molecule has 2 aromatic rings. The van der Waals surface area contributed by atoms with Crippen LogP contribution in [0.1, 0.15) is 30.1 Å². The van der Waals surface area contributed by atoms with Crippen molar-refractivity contribution in [2.45, 2.75) is 31.2 Å². The SMILES string of the molecule is CCOc1ccc(C(=O)Cn2cc(S(=O)(=O)N3CCCC3)ccc2=O)cc1. The second-order valence-corrected chi connectivity index (χ2v) is 8.26. The number of carbonyl (C=O) groups is 1.